The Kier molecular flexibility index (Phi) is 3.85. The summed E-state index contributed by atoms with van der Waals surface area (Å²) in [6.45, 7) is 0.649. The third-order valence-electron chi connectivity index (χ3n) is 3.22. The van der Waals surface area contributed by atoms with Gasteiger partial charge in [-0.1, -0.05) is 11.6 Å². The first-order valence-corrected chi connectivity index (χ1v) is 7.43. The molecule has 1 aliphatic rings. The maximum atomic E-state index is 13.1. The first kappa shape index (κ1) is 13.7. The lowest BCUT2D eigenvalue weighted by atomic mass is 10.1. The highest BCUT2D eigenvalue weighted by Gasteiger charge is 2.23. The van der Waals surface area contributed by atoms with Gasteiger partial charge in [-0.05, 0) is 52.3 Å². The zero-order valence-corrected chi connectivity index (χ0v) is 12.8. The minimum absolute atomic E-state index is 0.00868. The van der Waals surface area contributed by atoms with Crippen LogP contribution in [0.1, 0.15) is 5.56 Å². The SMILES string of the molecule is Fc1ccc2c(c1)CC(CNc1ccc(Cl)cc1Br)O2. The molecule has 0 amide bonds. The Morgan fingerprint density at radius 3 is 2.95 bits per heavy atom. The highest BCUT2D eigenvalue weighted by Crippen LogP contribution is 2.30. The van der Waals surface area contributed by atoms with Crippen LogP contribution < -0.4 is 10.1 Å². The zero-order chi connectivity index (χ0) is 14.1. The molecule has 1 atom stereocenters. The maximum absolute atomic E-state index is 13.1. The zero-order valence-electron chi connectivity index (χ0n) is 10.5. The van der Waals surface area contributed by atoms with E-state index in [0.717, 1.165) is 21.5 Å². The van der Waals surface area contributed by atoms with E-state index in [1.54, 1.807) is 6.07 Å². The van der Waals surface area contributed by atoms with Crippen molar-refractivity contribution in [2.75, 3.05) is 11.9 Å². The summed E-state index contributed by atoms with van der Waals surface area (Å²) >= 11 is 9.36. The van der Waals surface area contributed by atoms with Gasteiger partial charge in [-0.3, -0.25) is 0 Å². The van der Waals surface area contributed by atoms with Gasteiger partial charge in [0.25, 0.3) is 0 Å². The smallest absolute Gasteiger partial charge is 0.123 e. The Labute approximate surface area is 130 Å². The maximum Gasteiger partial charge on any atom is 0.123 e. The van der Waals surface area contributed by atoms with Gasteiger partial charge in [0.1, 0.15) is 17.7 Å². The number of rotatable bonds is 3. The van der Waals surface area contributed by atoms with Crippen LogP contribution in [0.25, 0.3) is 0 Å². The number of benzene rings is 2. The molecular weight excluding hydrogens is 345 g/mol. The highest BCUT2D eigenvalue weighted by atomic mass is 79.9. The Hall–Kier alpha value is -1.26. The fourth-order valence-electron chi connectivity index (χ4n) is 2.26. The van der Waals surface area contributed by atoms with E-state index in [1.165, 1.54) is 12.1 Å². The molecule has 5 heteroatoms. The molecule has 0 saturated carbocycles. The second-order valence-corrected chi connectivity index (χ2v) is 5.99. The van der Waals surface area contributed by atoms with E-state index in [2.05, 4.69) is 21.2 Å². The van der Waals surface area contributed by atoms with Gasteiger partial charge in [0.05, 0.1) is 6.54 Å². The van der Waals surface area contributed by atoms with Crippen molar-refractivity contribution in [3.63, 3.8) is 0 Å². The Balaban J connectivity index is 1.63. The van der Waals surface area contributed by atoms with Gasteiger partial charge >= 0.3 is 0 Å². The van der Waals surface area contributed by atoms with Crippen LogP contribution in [0.3, 0.4) is 0 Å². The number of anilines is 1. The average molecular weight is 357 g/mol. The molecule has 0 fully saturated rings. The number of halogens is 3. The summed E-state index contributed by atoms with van der Waals surface area (Å²) in [5.74, 6) is 0.551. The first-order valence-electron chi connectivity index (χ1n) is 6.26. The number of nitrogens with one attached hydrogen (secondary N) is 1. The molecule has 2 aromatic carbocycles. The molecule has 1 unspecified atom stereocenters. The fourth-order valence-corrected chi connectivity index (χ4v) is 3.08. The monoisotopic (exact) mass is 355 g/mol. The van der Waals surface area contributed by atoms with Gasteiger partial charge in [-0.25, -0.2) is 4.39 Å². The molecule has 0 saturated heterocycles. The second-order valence-electron chi connectivity index (χ2n) is 4.70. The fraction of sp³-hybridized carbons (Fsp3) is 0.200. The van der Waals surface area contributed by atoms with Gasteiger partial charge in [0.15, 0.2) is 0 Å². The number of hydrogen-bond donors (Lipinski definition) is 1. The molecule has 2 aromatic rings. The summed E-state index contributed by atoms with van der Waals surface area (Å²) in [7, 11) is 0. The van der Waals surface area contributed by atoms with Crippen molar-refractivity contribution in [2.45, 2.75) is 12.5 Å². The van der Waals surface area contributed by atoms with Crippen molar-refractivity contribution >= 4 is 33.2 Å². The number of hydrogen-bond acceptors (Lipinski definition) is 2. The van der Waals surface area contributed by atoms with Crippen LogP contribution in [-0.4, -0.2) is 12.6 Å². The largest absolute Gasteiger partial charge is 0.488 e. The molecule has 2 nitrogen and oxygen atoms in total. The predicted molar refractivity (Wildman–Crippen MR) is 82.2 cm³/mol. The molecule has 0 spiro atoms. The van der Waals surface area contributed by atoms with E-state index in [0.29, 0.717) is 18.0 Å². The Morgan fingerprint density at radius 1 is 1.30 bits per heavy atom. The molecule has 1 aliphatic heterocycles. The topological polar surface area (TPSA) is 21.3 Å². The van der Waals surface area contributed by atoms with Gasteiger partial charge in [-0.15, -0.1) is 0 Å². The number of fused-ring (bicyclic) bond motifs is 1. The third kappa shape index (κ3) is 2.91. The standard InChI is InChI=1S/C15H12BrClFNO/c16-13-7-10(17)1-3-14(13)19-8-12-6-9-5-11(18)2-4-15(9)20-12/h1-5,7,12,19H,6,8H2. The second kappa shape index (κ2) is 5.62. The third-order valence-corrected chi connectivity index (χ3v) is 4.11. The van der Waals surface area contributed by atoms with Crippen molar-refractivity contribution in [1.29, 1.82) is 0 Å². The lowest BCUT2D eigenvalue weighted by molar-refractivity contribution is 0.246. The van der Waals surface area contributed by atoms with E-state index in [4.69, 9.17) is 16.3 Å². The van der Waals surface area contributed by atoms with E-state index in [9.17, 15) is 4.39 Å². The molecule has 20 heavy (non-hydrogen) atoms. The molecule has 3 rings (SSSR count). The summed E-state index contributed by atoms with van der Waals surface area (Å²) in [6, 6.07) is 10.2. The first-order chi connectivity index (χ1) is 9.61. The summed E-state index contributed by atoms with van der Waals surface area (Å²) in [4.78, 5) is 0. The van der Waals surface area contributed by atoms with Gasteiger partial charge in [-0.2, -0.15) is 0 Å². The minimum atomic E-state index is -0.221. The normalized spacial score (nSPS) is 16.6. The molecule has 0 aromatic heterocycles. The molecule has 0 aliphatic carbocycles. The molecule has 0 radical (unpaired) electrons. The van der Waals surface area contributed by atoms with Crippen LogP contribution in [0.15, 0.2) is 40.9 Å². The lowest BCUT2D eigenvalue weighted by Crippen LogP contribution is -2.24. The van der Waals surface area contributed by atoms with Crippen molar-refractivity contribution in [1.82, 2.24) is 0 Å². The van der Waals surface area contributed by atoms with Crippen LogP contribution in [0.5, 0.6) is 5.75 Å². The van der Waals surface area contributed by atoms with E-state index >= 15 is 0 Å². The van der Waals surface area contributed by atoms with Crippen LogP contribution in [0.2, 0.25) is 5.02 Å². The summed E-state index contributed by atoms with van der Waals surface area (Å²) < 4.78 is 19.8. The summed E-state index contributed by atoms with van der Waals surface area (Å²) in [5.41, 5.74) is 1.88. The van der Waals surface area contributed by atoms with Gasteiger partial charge in [0.2, 0.25) is 0 Å². The number of ether oxygens (including phenoxy) is 1. The highest BCUT2D eigenvalue weighted by molar-refractivity contribution is 9.10. The Morgan fingerprint density at radius 2 is 2.15 bits per heavy atom. The van der Waals surface area contributed by atoms with E-state index in [-0.39, 0.29) is 11.9 Å². The molecular formula is C15H12BrClFNO. The van der Waals surface area contributed by atoms with Crippen molar-refractivity contribution in [3.05, 3.63) is 57.3 Å². The Bertz CT molecular complexity index is 650. The molecule has 1 heterocycles. The quantitative estimate of drug-likeness (QED) is 0.864. The van der Waals surface area contributed by atoms with E-state index < -0.39 is 0 Å². The van der Waals surface area contributed by atoms with Crippen molar-refractivity contribution in [2.24, 2.45) is 0 Å². The molecule has 104 valence electrons. The summed E-state index contributed by atoms with van der Waals surface area (Å²) in [6.07, 6.45) is 0.722. The van der Waals surface area contributed by atoms with Gasteiger partial charge in [0, 0.05) is 27.2 Å². The average Bonchev–Trinajstić information content (AvgIpc) is 2.79. The lowest BCUT2D eigenvalue weighted by Gasteiger charge is -2.14. The van der Waals surface area contributed by atoms with Crippen LogP contribution in [0, 0.1) is 5.82 Å². The minimum Gasteiger partial charge on any atom is -0.488 e. The predicted octanol–water partition coefficient (Wildman–Crippen LogP) is 4.66. The van der Waals surface area contributed by atoms with E-state index in [1.807, 2.05) is 18.2 Å². The van der Waals surface area contributed by atoms with Crippen molar-refractivity contribution in [3.8, 4) is 5.75 Å². The molecule has 1 N–H and O–H groups in total. The van der Waals surface area contributed by atoms with Crippen LogP contribution in [-0.2, 0) is 6.42 Å². The molecule has 0 bridgehead atoms. The van der Waals surface area contributed by atoms with Crippen LogP contribution in [0.4, 0.5) is 10.1 Å². The summed E-state index contributed by atoms with van der Waals surface area (Å²) in [5, 5.41) is 3.99. The van der Waals surface area contributed by atoms with Crippen molar-refractivity contribution < 1.29 is 9.13 Å². The van der Waals surface area contributed by atoms with Crippen LogP contribution >= 0.6 is 27.5 Å². The van der Waals surface area contributed by atoms with Gasteiger partial charge < -0.3 is 10.1 Å².